The standard InChI is InChI=1S/C8H11N/c1-7-5-3-4-6-8(2)9-7/h3-7H,1-2H3. The molecule has 0 spiro atoms. The summed E-state index contributed by atoms with van der Waals surface area (Å²) in [6.07, 6.45) is 8.14. The Balaban J connectivity index is 2.77. The summed E-state index contributed by atoms with van der Waals surface area (Å²) in [5.74, 6) is 0. The highest BCUT2D eigenvalue weighted by Gasteiger charge is 1.93. The van der Waals surface area contributed by atoms with Gasteiger partial charge >= 0.3 is 0 Å². The van der Waals surface area contributed by atoms with Crippen LogP contribution >= 0.6 is 0 Å². The highest BCUT2D eigenvalue weighted by molar-refractivity contribution is 5.93. The molecule has 1 heterocycles. The minimum Gasteiger partial charge on any atom is -0.283 e. The lowest BCUT2D eigenvalue weighted by atomic mass is 10.3. The van der Waals surface area contributed by atoms with Crippen LogP contribution in [0.25, 0.3) is 0 Å². The van der Waals surface area contributed by atoms with Gasteiger partial charge in [-0.25, -0.2) is 0 Å². The zero-order chi connectivity index (χ0) is 6.69. The molecule has 1 aliphatic heterocycles. The molecule has 0 N–H and O–H groups in total. The number of nitrogens with zero attached hydrogens (tertiary/aromatic N) is 1. The van der Waals surface area contributed by atoms with Crippen molar-refractivity contribution in [2.45, 2.75) is 19.9 Å². The van der Waals surface area contributed by atoms with Gasteiger partial charge in [0.15, 0.2) is 0 Å². The molecule has 1 heteroatoms. The van der Waals surface area contributed by atoms with E-state index in [0.29, 0.717) is 6.04 Å². The predicted octanol–water partition coefficient (Wildman–Crippen LogP) is 1.96. The molecule has 9 heavy (non-hydrogen) atoms. The van der Waals surface area contributed by atoms with Crippen LogP contribution in [0.1, 0.15) is 13.8 Å². The van der Waals surface area contributed by atoms with Crippen molar-refractivity contribution in [1.82, 2.24) is 0 Å². The maximum atomic E-state index is 4.32. The van der Waals surface area contributed by atoms with Gasteiger partial charge in [0, 0.05) is 5.71 Å². The molecule has 1 atom stereocenters. The van der Waals surface area contributed by atoms with E-state index in [1.807, 2.05) is 25.2 Å². The normalized spacial score (nSPS) is 25.6. The van der Waals surface area contributed by atoms with Gasteiger partial charge < -0.3 is 0 Å². The van der Waals surface area contributed by atoms with Gasteiger partial charge in [0.05, 0.1) is 6.04 Å². The minimum atomic E-state index is 0.347. The minimum absolute atomic E-state index is 0.347. The Morgan fingerprint density at radius 3 is 3.00 bits per heavy atom. The lowest BCUT2D eigenvalue weighted by Crippen LogP contribution is -1.94. The van der Waals surface area contributed by atoms with Crippen molar-refractivity contribution in [3.05, 3.63) is 24.3 Å². The molecule has 0 saturated heterocycles. The summed E-state index contributed by atoms with van der Waals surface area (Å²) in [5, 5.41) is 0. The number of rotatable bonds is 0. The van der Waals surface area contributed by atoms with E-state index < -0.39 is 0 Å². The number of hydrogen-bond donors (Lipinski definition) is 0. The highest BCUT2D eigenvalue weighted by atomic mass is 14.8. The van der Waals surface area contributed by atoms with Gasteiger partial charge in [-0.1, -0.05) is 18.2 Å². The molecule has 0 aromatic rings. The maximum absolute atomic E-state index is 4.32. The fourth-order valence-corrected chi connectivity index (χ4v) is 0.827. The first-order valence-electron chi connectivity index (χ1n) is 3.18. The van der Waals surface area contributed by atoms with E-state index in [9.17, 15) is 0 Å². The van der Waals surface area contributed by atoms with Crippen molar-refractivity contribution in [3.63, 3.8) is 0 Å². The summed E-state index contributed by atoms with van der Waals surface area (Å²) in [6, 6.07) is 0.347. The third-order valence-corrected chi connectivity index (χ3v) is 1.25. The Labute approximate surface area is 55.8 Å². The van der Waals surface area contributed by atoms with E-state index in [0.717, 1.165) is 5.71 Å². The second kappa shape index (κ2) is 2.62. The third-order valence-electron chi connectivity index (χ3n) is 1.25. The molecule has 0 amide bonds. The summed E-state index contributed by atoms with van der Waals surface area (Å²) >= 11 is 0. The number of aliphatic imine (C=N–C) groups is 1. The van der Waals surface area contributed by atoms with Crippen LogP contribution in [0.2, 0.25) is 0 Å². The summed E-state index contributed by atoms with van der Waals surface area (Å²) in [7, 11) is 0. The highest BCUT2D eigenvalue weighted by Crippen LogP contribution is 1.98. The molecule has 1 aliphatic rings. The average molecular weight is 121 g/mol. The molecule has 1 unspecified atom stereocenters. The van der Waals surface area contributed by atoms with E-state index in [4.69, 9.17) is 0 Å². The first kappa shape index (κ1) is 6.27. The molecule has 0 fully saturated rings. The smallest absolute Gasteiger partial charge is 0.0657 e. The number of hydrogen-bond acceptors (Lipinski definition) is 1. The molecule has 1 nitrogen and oxygen atoms in total. The second-order valence-electron chi connectivity index (χ2n) is 2.26. The molecular formula is C8H11N. The van der Waals surface area contributed by atoms with Crippen LogP contribution in [0.4, 0.5) is 0 Å². The van der Waals surface area contributed by atoms with Crippen LogP contribution in [0, 0.1) is 0 Å². The van der Waals surface area contributed by atoms with E-state index in [1.54, 1.807) is 0 Å². The Hall–Kier alpha value is -0.850. The van der Waals surface area contributed by atoms with E-state index in [-0.39, 0.29) is 0 Å². The Bertz CT molecular complexity index is 175. The second-order valence-corrected chi connectivity index (χ2v) is 2.26. The van der Waals surface area contributed by atoms with E-state index in [2.05, 4.69) is 18.0 Å². The first-order chi connectivity index (χ1) is 4.29. The molecule has 48 valence electrons. The van der Waals surface area contributed by atoms with Crippen LogP contribution in [0.3, 0.4) is 0 Å². The van der Waals surface area contributed by atoms with Gasteiger partial charge in [-0.2, -0.15) is 0 Å². The van der Waals surface area contributed by atoms with Crippen molar-refractivity contribution < 1.29 is 0 Å². The summed E-state index contributed by atoms with van der Waals surface area (Å²) in [4.78, 5) is 4.32. The zero-order valence-corrected chi connectivity index (χ0v) is 5.83. The van der Waals surface area contributed by atoms with E-state index >= 15 is 0 Å². The van der Waals surface area contributed by atoms with Crippen molar-refractivity contribution >= 4 is 5.71 Å². The molecule has 1 rings (SSSR count). The molecule has 0 bridgehead atoms. The molecule has 0 aromatic carbocycles. The van der Waals surface area contributed by atoms with Crippen LogP contribution in [0.15, 0.2) is 29.3 Å². The summed E-state index contributed by atoms with van der Waals surface area (Å²) in [5.41, 5.74) is 1.10. The Morgan fingerprint density at radius 1 is 1.44 bits per heavy atom. The van der Waals surface area contributed by atoms with Gasteiger partial charge in [0.1, 0.15) is 0 Å². The summed E-state index contributed by atoms with van der Waals surface area (Å²) < 4.78 is 0. The molecule has 0 aromatic heterocycles. The Kier molecular flexibility index (Phi) is 1.83. The third kappa shape index (κ3) is 1.84. The topological polar surface area (TPSA) is 12.4 Å². The molecule has 0 saturated carbocycles. The SMILES string of the molecule is CC1=NC(C)C=CC=C1. The summed E-state index contributed by atoms with van der Waals surface area (Å²) in [6.45, 7) is 4.09. The Morgan fingerprint density at radius 2 is 2.22 bits per heavy atom. The largest absolute Gasteiger partial charge is 0.283 e. The fraction of sp³-hybridized carbons (Fsp3) is 0.375. The van der Waals surface area contributed by atoms with Gasteiger partial charge in [0.25, 0.3) is 0 Å². The van der Waals surface area contributed by atoms with Crippen molar-refractivity contribution in [1.29, 1.82) is 0 Å². The zero-order valence-electron chi connectivity index (χ0n) is 5.83. The van der Waals surface area contributed by atoms with Crippen molar-refractivity contribution in [3.8, 4) is 0 Å². The average Bonchev–Trinajstić information content (AvgIpc) is 1.93. The van der Waals surface area contributed by atoms with Gasteiger partial charge in [0.2, 0.25) is 0 Å². The number of allylic oxidation sites excluding steroid dienone is 3. The predicted molar refractivity (Wildman–Crippen MR) is 40.9 cm³/mol. The van der Waals surface area contributed by atoms with Gasteiger partial charge in [-0.15, -0.1) is 0 Å². The van der Waals surface area contributed by atoms with Crippen LogP contribution < -0.4 is 0 Å². The molecular weight excluding hydrogens is 110 g/mol. The first-order valence-corrected chi connectivity index (χ1v) is 3.18. The van der Waals surface area contributed by atoms with Crippen molar-refractivity contribution in [2.24, 2.45) is 4.99 Å². The van der Waals surface area contributed by atoms with Crippen LogP contribution in [0.5, 0.6) is 0 Å². The fourth-order valence-electron chi connectivity index (χ4n) is 0.827. The maximum Gasteiger partial charge on any atom is 0.0657 e. The van der Waals surface area contributed by atoms with Crippen LogP contribution in [-0.2, 0) is 0 Å². The lowest BCUT2D eigenvalue weighted by molar-refractivity contribution is 0.929. The van der Waals surface area contributed by atoms with Crippen molar-refractivity contribution in [2.75, 3.05) is 0 Å². The quantitative estimate of drug-likeness (QED) is 0.464. The monoisotopic (exact) mass is 121 g/mol. The molecule has 0 radical (unpaired) electrons. The molecule has 0 aliphatic carbocycles. The lowest BCUT2D eigenvalue weighted by Gasteiger charge is -1.95. The van der Waals surface area contributed by atoms with E-state index in [1.165, 1.54) is 0 Å². The van der Waals surface area contributed by atoms with Gasteiger partial charge in [-0.3, -0.25) is 4.99 Å². The van der Waals surface area contributed by atoms with Crippen LogP contribution in [-0.4, -0.2) is 11.8 Å². The van der Waals surface area contributed by atoms with Gasteiger partial charge in [-0.05, 0) is 19.9 Å².